The molecule has 0 aliphatic rings. The number of benzene rings is 2. The van der Waals surface area contributed by atoms with Crippen molar-refractivity contribution in [2.45, 2.75) is 30.6 Å². The third-order valence-electron chi connectivity index (χ3n) is 4.51. The molecule has 3 aromatic rings. The monoisotopic (exact) mass is 461 g/mol. The number of halogens is 1. The van der Waals surface area contributed by atoms with E-state index in [0.29, 0.717) is 24.5 Å². The largest absolute Gasteiger partial charge is 0.350 e. The number of hydrogen-bond donors (Lipinski definition) is 1. The summed E-state index contributed by atoms with van der Waals surface area (Å²) in [6.07, 6.45) is 1.18. The molecule has 0 aliphatic heterocycles. The van der Waals surface area contributed by atoms with E-state index in [2.05, 4.69) is 16.4 Å². The van der Waals surface area contributed by atoms with E-state index in [-0.39, 0.29) is 18.4 Å². The zero-order valence-electron chi connectivity index (χ0n) is 16.8. The number of fused-ring (bicyclic) bond motifs is 1. The van der Waals surface area contributed by atoms with E-state index in [4.69, 9.17) is 11.6 Å². The van der Waals surface area contributed by atoms with Crippen molar-refractivity contribution >= 4 is 56.7 Å². The first-order valence-corrected chi connectivity index (χ1v) is 12.0. The number of nitrogens with zero attached hydrogens (tertiary/aromatic N) is 2. The quantitative estimate of drug-likeness (QED) is 0.341. The number of thioether (sulfide) groups is 1. The standard InChI is InChI=1S/C22H24ClN3O2S2/c1-2-26(15-20(27)24-14-16-9-11-17(23)12-10-16)21(28)8-5-13-29-22-25-18-6-3-4-7-19(18)30-22/h3-4,6-7,9-12H,2,5,8,13-15H2,1H3,(H,24,27). The van der Waals surface area contributed by atoms with Crippen molar-refractivity contribution in [1.82, 2.24) is 15.2 Å². The van der Waals surface area contributed by atoms with Gasteiger partial charge in [0.2, 0.25) is 11.8 Å². The Morgan fingerprint density at radius 1 is 1.17 bits per heavy atom. The van der Waals surface area contributed by atoms with Crippen LogP contribution in [0.5, 0.6) is 0 Å². The van der Waals surface area contributed by atoms with Gasteiger partial charge in [0, 0.05) is 30.3 Å². The molecule has 0 saturated carbocycles. The number of thiazole rings is 1. The van der Waals surface area contributed by atoms with Crippen LogP contribution in [0.1, 0.15) is 25.3 Å². The molecule has 2 aromatic carbocycles. The molecule has 3 rings (SSSR count). The lowest BCUT2D eigenvalue weighted by molar-refractivity contribution is -0.135. The Labute approximate surface area is 189 Å². The molecular formula is C22H24ClN3O2S2. The third-order valence-corrected chi connectivity index (χ3v) is 7.02. The van der Waals surface area contributed by atoms with Gasteiger partial charge in [0.1, 0.15) is 0 Å². The van der Waals surface area contributed by atoms with E-state index in [9.17, 15) is 9.59 Å². The van der Waals surface area contributed by atoms with Crippen LogP contribution in [0.25, 0.3) is 10.2 Å². The topological polar surface area (TPSA) is 62.3 Å². The van der Waals surface area contributed by atoms with Crippen LogP contribution in [0.4, 0.5) is 0 Å². The number of aromatic nitrogens is 1. The van der Waals surface area contributed by atoms with Gasteiger partial charge in [-0.3, -0.25) is 9.59 Å². The molecule has 0 bridgehead atoms. The van der Waals surface area contributed by atoms with Crippen LogP contribution in [-0.4, -0.2) is 40.5 Å². The predicted molar refractivity (Wildman–Crippen MR) is 125 cm³/mol. The van der Waals surface area contributed by atoms with Crippen molar-refractivity contribution in [3.63, 3.8) is 0 Å². The van der Waals surface area contributed by atoms with Crippen molar-refractivity contribution in [1.29, 1.82) is 0 Å². The van der Waals surface area contributed by atoms with Crippen LogP contribution < -0.4 is 5.32 Å². The zero-order chi connectivity index (χ0) is 21.3. The molecule has 8 heteroatoms. The van der Waals surface area contributed by atoms with Gasteiger partial charge in [0.25, 0.3) is 0 Å². The van der Waals surface area contributed by atoms with Crippen LogP contribution in [0.15, 0.2) is 52.9 Å². The molecule has 0 radical (unpaired) electrons. The highest BCUT2D eigenvalue weighted by Gasteiger charge is 2.15. The van der Waals surface area contributed by atoms with Crippen molar-refractivity contribution in [2.75, 3.05) is 18.8 Å². The highest BCUT2D eigenvalue weighted by molar-refractivity contribution is 8.01. The number of hydrogen-bond acceptors (Lipinski definition) is 5. The molecule has 1 aromatic heterocycles. The first kappa shape index (κ1) is 22.6. The summed E-state index contributed by atoms with van der Waals surface area (Å²) in [4.78, 5) is 30.9. The fourth-order valence-electron chi connectivity index (χ4n) is 2.86. The third kappa shape index (κ3) is 6.72. The maximum absolute atomic E-state index is 12.5. The summed E-state index contributed by atoms with van der Waals surface area (Å²) in [7, 11) is 0. The van der Waals surface area contributed by atoms with Gasteiger partial charge in [0.15, 0.2) is 4.34 Å². The summed E-state index contributed by atoms with van der Waals surface area (Å²) in [5.41, 5.74) is 1.98. The van der Waals surface area contributed by atoms with Crippen LogP contribution in [0.3, 0.4) is 0 Å². The van der Waals surface area contributed by atoms with Gasteiger partial charge in [-0.25, -0.2) is 4.98 Å². The van der Waals surface area contributed by atoms with Gasteiger partial charge in [-0.2, -0.15) is 0 Å². The molecule has 1 N–H and O–H groups in total. The molecule has 158 valence electrons. The second-order valence-electron chi connectivity index (χ2n) is 6.71. The van der Waals surface area contributed by atoms with E-state index < -0.39 is 0 Å². The lowest BCUT2D eigenvalue weighted by Crippen LogP contribution is -2.40. The summed E-state index contributed by atoms with van der Waals surface area (Å²) >= 11 is 9.22. The average Bonchev–Trinajstić information content (AvgIpc) is 3.17. The fraction of sp³-hybridized carbons (Fsp3) is 0.318. The lowest BCUT2D eigenvalue weighted by Gasteiger charge is -2.20. The Hall–Kier alpha value is -2.09. The molecule has 30 heavy (non-hydrogen) atoms. The Morgan fingerprint density at radius 2 is 1.93 bits per heavy atom. The van der Waals surface area contributed by atoms with Crippen molar-refractivity contribution in [3.05, 3.63) is 59.1 Å². The van der Waals surface area contributed by atoms with Gasteiger partial charge >= 0.3 is 0 Å². The Balaban J connectivity index is 1.38. The number of likely N-dealkylation sites (N-methyl/N-ethyl adjacent to an activating group) is 1. The summed E-state index contributed by atoms with van der Waals surface area (Å²) in [6.45, 7) is 2.90. The summed E-state index contributed by atoms with van der Waals surface area (Å²) in [5, 5.41) is 3.51. The Bertz CT molecular complexity index is 958. The van der Waals surface area contributed by atoms with Crippen molar-refractivity contribution in [2.24, 2.45) is 0 Å². The lowest BCUT2D eigenvalue weighted by atomic mass is 10.2. The summed E-state index contributed by atoms with van der Waals surface area (Å²) < 4.78 is 2.20. The SMILES string of the molecule is CCN(CC(=O)NCc1ccc(Cl)cc1)C(=O)CCCSc1nc2ccccc2s1. The van der Waals surface area contributed by atoms with E-state index in [1.165, 1.54) is 4.70 Å². The number of nitrogens with one attached hydrogen (secondary N) is 1. The van der Waals surface area contributed by atoms with Gasteiger partial charge in [-0.15, -0.1) is 11.3 Å². The highest BCUT2D eigenvalue weighted by atomic mass is 35.5. The average molecular weight is 462 g/mol. The number of rotatable bonds is 10. The number of para-hydroxylation sites is 1. The number of carbonyl (C=O) groups is 2. The second kappa shape index (κ2) is 11.3. The molecular weight excluding hydrogens is 438 g/mol. The first-order valence-electron chi connectivity index (χ1n) is 9.82. The Kier molecular flexibility index (Phi) is 8.54. The molecule has 0 fully saturated rings. The minimum absolute atomic E-state index is 0.00374. The minimum atomic E-state index is -0.163. The van der Waals surface area contributed by atoms with Gasteiger partial charge < -0.3 is 10.2 Å². The van der Waals surface area contributed by atoms with E-state index >= 15 is 0 Å². The predicted octanol–water partition coefficient (Wildman–Crippen LogP) is 4.99. The van der Waals surface area contributed by atoms with E-state index in [1.807, 2.05) is 37.3 Å². The minimum Gasteiger partial charge on any atom is -0.350 e. The van der Waals surface area contributed by atoms with Crippen molar-refractivity contribution < 1.29 is 9.59 Å². The molecule has 1 heterocycles. The van der Waals surface area contributed by atoms with Crippen LogP contribution in [-0.2, 0) is 16.1 Å². The molecule has 5 nitrogen and oxygen atoms in total. The van der Waals surface area contributed by atoms with E-state index in [0.717, 1.165) is 27.6 Å². The number of amides is 2. The molecule has 2 amide bonds. The van der Waals surface area contributed by atoms with Gasteiger partial charge in [-0.1, -0.05) is 47.6 Å². The van der Waals surface area contributed by atoms with Crippen LogP contribution in [0.2, 0.25) is 5.02 Å². The normalized spacial score (nSPS) is 10.9. The second-order valence-corrected chi connectivity index (χ2v) is 9.52. The maximum Gasteiger partial charge on any atom is 0.239 e. The van der Waals surface area contributed by atoms with E-state index in [1.54, 1.807) is 40.1 Å². The smallest absolute Gasteiger partial charge is 0.239 e. The molecule has 0 aliphatic carbocycles. The fourth-order valence-corrected chi connectivity index (χ4v) is 5.07. The molecule has 0 atom stereocenters. The van der Waals surface area contributed by atoms with Gasteiger partial charge in [0.05, 0.1) is 16.8 Å². The Morgan fingerprint density at radius 3 is 2.67 bits per heavy atom. The highest BCUT2D eigenvalue weighted by Crippen LogP contribution is 2.29. The van der Waals surface area contributed by atoms with Gasteiger partial charge in [-0.05, 0) is 43.2 Å². The molecule has 0 saturated heterocycles. The van der Waals surface area contributed by atoms with Crippen LogP contribution >= 0.6 is 34.7 Å². The molecule has 0 unspecified atom stereocenters. The molecule has 0 spiro atoms. The zero-order valence-corrected chi connectivity index (χ0v) is 19.2. The van der Waals surface area contributed by atoms with Crippen molar-refractivity contribution in [3.8, 4) is 0 Å². The first-order chi connectivity index (χ1) is 14.5. The van der Waals surface area contributed by atoms with Crippen LogP contribution in [0, 0.1) is 0 Å². The summed E-state index contributed by atoms with van der Waals surface area (Å²) in [5.74, 6) is 0.666. The summed E-state index contributed by atoms with van der Waals surface area (Å²) in [6, 6.07) is 15.4. The number of carbonyl (C=O) groups excluding carboxylic acids is 2. The maximum atomic E-state index is 12.5.